The Bertz CT molecular complexity index is 623. The average Bonchev–Trinajstić information content (AvgIpc) is 2.42. The van der Waals surface area contributed by atoms with Gasteiger partial charge in [0.2, 0.25) is 0 Å². The zero-order valence-corrected chi connectivity index (χ0v) is 12.1. The number of nitrogens with one attached hydrogen (secondary N) is 1. The molecule has 3 rings (SSSR count). The van der Waals surface area contributed by atoms with Crippen molar-refractivity contribution in [2.45, 2.75) is 33.1 Å². The molecule has 0 spiro atoms. The first-order chi connectivity index (χ1) is 9.63. The zero-order chi connectivity index (χ0) is 14.1. The number of aryl methyl sites for hydroxylation is 3. The number of benzene rings is 2. The second kappa shape index (κ2) is 5.28. The summed E-state index contributed by atoms with van der Waals surface area (Å²) in [4.78, 5) is 0. The van der Waals surface area contributed by atoms with Crippen molar-refractivity contribution in [3.05, 3.63) is 64.0 Å². The first-order valence-corrected chi connectivity index (χ1v) is 7.25. The Labute approximate surface area is 119 Å². The monoisotopic (exact) mass is 269 g/mol. The van der Waals surface area contributed by atoms with Crippen LogP contribution in [0.5, 0.6) is 0 Å². The molecule has 0 unspecified atom stereocenters. The molecule has 0 atom stereocenters. The van der Waals surface area contributed by atoms with E-state index < -0.39 is 0 Å². The topological polar surface area (TPSA) is 12.0 Å². The molecule has 0 saturated carbocycles. The second-order valence-corrected chi connectivity index (χ2v) is 5.74. The molecule has 0 saturated heterocycles. The number of rotatable bonds is 2. The molecule has 2 heteroatoms. The molecule has 1 nitrogen and oxygen atoms in total. The Morgan fingerprint density at radius 2 is 2.00 bits per heavy atom. The highest BCUT2D eigenvalue weighted by Crippen LogP contribution is 2.25. The van der Waals surface area contributed by atoms with E-state index in [2.05, 4.69) is 29.6 Å². The minimum absolute atomic E-state index is 0.0849. The number of halogens is 1. The summed E-state index contributed by atoms with van der Waals surface area (Å²) in [5.74, 6) is -0.0849. The molecule has 0 radical (unpaired) electrons. The van der Waals surface area contributed by atoms with E-state index >= 15 is 0 Å². The average molecular weight is 269 g/mol. The largest absolute Gasteiger partial charge is 0.385 e. The third kappa shape index (κ3) is 2.55. The first-order valence-electron chi connectivity index (χ1n) is 7.25. The van der Waals surface area contributed by atoms with Gasteiger partial charge < -0.3 is 5.32 Å². The van der Waals surface area contributed by atoms with E-state index in [-0.39, 0.29) is 5.82 Å². The van der Waals surface area contributed by atoms with Crippen LogP contribution in [-0.4, -0.2) is 6.54 Å². The van der Waals surface area contributed by atoms with Gasteiger partial charge in [0.15, 0.2) is 0 Å². The van der Waals surface area contributed by atoms with Gasteiger partial charge in [0.1, 0.15) is 5.82 Å². The van der Waals surface area contributed by atoms with Gasteiger partial charge in [-0.05, 0) is 66.6 Å². The fourth-order valence-electron chi connectivity index (χ4n) is 3.01. The highest BCUT2D eigenvalue weighted by molar-refractivity contribution is 5.55. The van der Waals surface area contributed by atoms with Crippen molar-refractivity contribution in [1.29, 1.82) is 0 Å². The van der Waals surface area contributed by atoms with E-state index in [0.29, 0.717) is 6.42 Å². The van der Waals surface area contributed by atoms with Crippen molar-refractivity contribution in [2.24, 2.45) is 0 Å². The van der Waals surface area contributed by atoms with E-state index in [0.717, 1.165) is 29.7 Å². The van der Waals surface area contributed by atoms with Gasteiger partial charge in [0.05, 0.1) is 0 Å². The van der Waals surface area contributed by atoms with Gasteiger partial charge in [-0.15, -0.1) is 0 Å². The van der Waals surface area contributed by atoms with Crippen molar-refractivity contribution in [3.8, 4) is 0 Å². The van der Waals surface area contributed by atoms with Crippen molar-refractivity contribution in [3.63, 3.8) is 0 Å². The van der Waals surface area contributed by atoms with Crippen LogP contribution in [0.3, 0.4) is 0 Å². The van der Waals surface area contributed by atoms with Gasteiger partial charge in [-0.2, -0.15) is 0 Å². The minimum atomic E-state index is -0.0849. The van der Waals surface area contributed by atoms with E-state index in [1.165, 1.54) is 23.2 Å². The maximum Gasteiger partial charge on any atom is 0.127 e. The van der Waals surface area contributed by atoms with E-state index in [1.807, 2.05) is 13.8 Å². The van der Waals surface area contributed by atoms with Crippen LogP contribution in [0.25, 0.3) is 0 Å². The van der Waals surface area contributed by atoms with Gasteiger partial charge in [-0.3, -0.25) is 0 Å². The van der Waals surface area contributed by atoms with E-state index in [9.17, 15) is 4.39 Å². The molecule has 20 heavy (non-hydrogen) atoms. The molecule has 2 aromatic carbocycles. The maximum atomic E-state index is 14.1. The van der Waals surface area contributed by atoms with Crippen LogP contribution >= 0.6 is 0 Å². The van der Waals surface area contributed by atoms with Crippen molar-refractivity contribution in [1.82, 2.24) is 0 Å². The van der Waals surface area contributed by atoms with Crippen molar-refractivity contribution >= 4 is 5.69 Å². The SMILES string of the molecule is Cc1cc(C)c(Cc2ccc3c(c2)CCCN3)c(F)c1. The lowest BCUT2D eigenvalue weighted by molar-refractivity contribution is 0.611. The number of anilines is 1. The van der Waals surface area contributed by atoms with Crippen LogP contribution in [0, 0.1) is 19.7 Å². The molecular weight excluding hydrogens is 249 g/mol. The molecule has 1 aliphatic heterocycles. The summed E-state index contributed by atoms with van der Waals surface area (Å²) >= 11 is 0. The van der Waals surface area contributed by atoms with Gasteiger partial charge in [-0.1, -0.05) is 18.2 Å². The summed E-state index contributed by atoms with van der Waals surface area (Å²) in [6.45, 7) is 4.98. The number of fused-ring (bicyclic) bond motifs is 1. The van der Waals surface area contributed by atoms with Crippen LogP contribution in [-0.2, 0) is 12.8 Å². The Hall–Kier alpha value is -1.83. The molecule has 0 fully saturated rings. The predicted molar refractivity (Wildman–Crippen MR) is 81.9 cm³/mol. The lowest BCUT2D eigenvalue weighted by Crippen LogP contribution is -2.11. The van der Waals surface area contributed by atoms with Crippen LogP contribution < -0.4 is 5.32 Å². The standard InChI is InChI=1S/C18H20FN/c1-12-8-13(2)16(17(19)9-12)11-14-5-6-18-15(10-14)4-3-7-20-18/h5-6,8-10,20H,3-4,7,11H2,1-2H3. The van der Waals surface area contributed by atoms with E-state index in [1.54, 1.807) is 6.07 Å². The molecule has 2 aromatic rings. The van der Waals surface area contributed by atoms with Crippen LogP contribution in [0.15, 0.2) is 30.3 Å². The van der Waals surface area contributed by atoms with Crippen molar-refractivity contribution in [2.75, 3.05) is 11.9 Å². The molecule has 1 heterocycles. The number of hydrogen-bond donors (Lipinski definition) is 1. The molecule has 0 bridgehead atoms. The lowest BCUT2D eigenvalue weighted by Gasteiger charge is -2.19. The predicted octanol–water partition coefficient (Wildman–Crippen LogP) is 4.39. The fraction of sp³-hybridized carbons (Fsp3) is 0.333. The second-order valence-electron chi connectivity index (χ2n) is 5.74. The normalized spacial score (nSPS) is 13.8. The summed E-state index contributed by atoms with van der Waals surface area (Å²) in [6.07, 6.45) is 2.96. The van der Waals surface area contributed by atoms with Crippen molar-refractivity contribution < 1.29 is 4.39 Å². The molecule has 1 N–H and O–H groups in total. The lowest BCUT2D eigenvalue weighted by atomic mass is 9.95. The Morgan fingerprint density at radius 1 is 1.15 bits per heavy atom. The summed E-state index contributed by atoms with van der Waals surface area (Å²) in [5, 5.41) is 3.41. The smallest absolute Gasteiger partial charge is 0.127 e. The zero-order valence-electron chi connectivity index (χ0n) is 12.1. The molecule has 0 amide bonds. The van der Waals surface area contributed by atoms with Gasteiger partial charge in [0.25, 0.3) is 0 Å². The maximum absolute atomic E-state index is 14.1. The minimum Gasteiger partial charge on any atom is -0.385 e. The Kier molecular flexibility index (Phi) is 3.47. The van der Waals surface area contributed by atoms with Gasteiger partial charge >= 0.3 is 0 Å². The highest BCUT2D eigenvalue weighted by atomic mass is 19.1. The quantitative estimate of drug-likeness (QED) is 0.852. The van der Waals surface area contributed by atoms with E-state index in [4.69, 9.17) is 0 Å². The summed E-state index contributed by atoms with van der Waals surface area (Å²) in [7, 11) is 0. The number of hydrogen-bond acceptors (Lipinski definition) is 1. The Morgan fingerprint density at radius 3 is 2.80 bits per heavy atom. The summed E-state index contributed by atoms with van der Waals surface area (Å²) < 4.78 is 14.1. The molecule has 104 valence electrons. The molecule has 0 aromatic heterocycles. The molecular formula is C18H20FN. The summed E-state index contributed by atoms with van der Waals surface area (Å²) in [5.41, 5.74) is 6.63. The first kappa shape index (κ1) is 13.2. The van der Waals surface area contributed by atoms with Gasteiger partial charge in [-0.25, -0.2) is 4.39 Å². The molecule has 0 aliphatic carbocycles. The summed E-state index contributed by atoms with van der Waals surface area (Å²) in [6, 6.07) is 10.1. The third-order valence-electron chi connectivity index (χ3n) is 4.05. The highest BCUT2D eigenvalue weighted by Gasteiger charge is 2.11. The van der Waals surface area contributed by atoms with Crippen LogP contribution in [0.2, 0.25) is 0 Å². The van der Waals surface area contributed by atoms with Crippen LogP contribution in [0.4, 0.5) is 10.1 Å². The molecule has 1 aliphatic rings. The third-order valence-corrected chi connectivity index (χ3v) is 4.05. The Balaban J connectivity index is 1.92. The fourth-order valence-corrected chi connectivity index (χ4v) is 3.01. The van der Waals surface area contributed by atoms with Gasteiger partial charge in [0, 0.05) is 18.7 Å². The van der Waals surface area contributed by atoms with Crippen LogP contribution in [0.1, 0.15) is 34.2 Å².